The first-order chi connectivity index (χ1) is 9.62. The molecule has 0 spiro atoms. The van der Waals surface area contributed by atoms with Crippen LogP contribution < -0.4 is 0 Å². The molecule has 112 valence electrons. The molecule has 0 aromatic heterocycles. The summed E-state index contributed by atoms with van der Waals surface area (Å²) in [7, 11) is 0. The van der Waals surface area contributed by atoms with E-state index in [9.17, 15) is 14.7 Å². The maximum absolute atomic E-state index is 11.5. The van der Waals surface area contributed by atoms with Crippen molar-refractivity contribution in [2.24, 2.45) is 5.92 Å². The van der Waals surface area contributed by atoms with Crippen LogP contribution in [-0.4, -0.2) is 41.3 Å². The van der Waals surface area contributed by atoms with Gasteiger partial charge in [0.25, 0.3) is 0 Å². The molecular formula is C15H22O5. The SMILES string of the molecule is CCC1(OCCCCO)C(CC=O)=CC=CC1C(=O)O. The molecule has 0 aliphatic heterocycles. The number of aliphatic hydroxyl groups is 1. The average molecular weight is 282 g/mol. The van der Waals surface area contributed by atoms with Crippen LogP contribution in [0.5, 0.6) is 0 Å². The second-order valence-corrected chi connectivity index (χ2v) is 4.79. The van der Waals surface area contributed by atoms with Gasteiger partial charge in [0, 0.05) is 19.6 Å². The van der Waals surface area contributed by atoms with Crippen LogP contribution in [0.25, 0.3) is 0 Å². The van der Waals surface area contributed by atoms with E-state index >= 15 is 0 Å². The summed E-state index contributed by atoms with van der Waals surface area (Å²) in [5.74, 6) is -1.75. The fraction of sp³-hybridized carbons (Fsp3) is 0.600. The van der Waals surface area contributed by atoms with E-state index in [0.717, 1.165) is 6.29 Å². The highest BCUT2D eigenvalue weighted by Crippen LogP contribution is 2.39. The number of hydrogen-bond acceptors (Lipinski definition) is 4. The van der Waals surface area contributed by atoms with E-state index in [-0.39, 0.29) is 13.0 Å². The summed E-state index contributed by atoms with van der Waals surface area (Å²) in [5.41, 5.74) is -0.259. The molecule has 1 rings (SSSR count). The van der Waals surface area contributed by atoms with Crippen LogP contribution in [0.15, 0.2) is 23.8 Å². The molecule has 0 heterocycles. The molecule has 5 nitrogen and oxygen atoms in total. The minimum atomic E-state index is -0.961. The molecule has 0 saturated carbocycles. The van der Waals surface area contributed by atoms with Gasteiger partial charge in [-0.3, -0.25) is 4.79 Å². The van der Waals surface area contributed by atoms with E-state index in [1.165, 1.54) is 0 Å². The summed E-state index contributed by atoms with van der Waals surface area (Å²) in [6, 6.07) is 0. The molecule has 1 aliphatic carbocycles. The van der Waals surface area contributed by atoms with Crippen LogP contribution in [-0.2, 0) is 14.3 Å². The van der Waals surface area contributed by atoms with Crippen molar-refractivity contribution in [2.75, 3.05) is 13.2 Å². The van der Waals surface area contributed by atoms with E-state index in [1.54, 1.807) is 18.2 Å². The number of unbranched alkanes of at least 4 members (excludes halogenated alkanes) is 1. The number of aliphatic carboxylic acids is 1. The molecule has 0 bridgehead atoms. The molecule has 0 saturated heterocycles. The fourth-order valence-corrected chi connectivity index (χ4v) is 2.59. The van der Waals surface area contributed by atoms with E-state index < -0.39 is 17.5 Å². The smallest absolute Gasteiger partial charge is 0.313 e. The largest absolute Gasteiger partial charge is 0.481 e. The quantitative estimate of drug-likeness (QED) is 0.497. The highest BCUT2D eigenvalue weighted by Gasteiger charge is 2.45. The van der Waals surface area contributed by atoms with Crippen molar-refractivity contribution in [3.8, 4) is 0 Å². The number of aldehydes is 1. The van der Waals surface area contributed by atoms with Gasteiger partial charge in [0.1, 0.15) is 17.8 Å². The van der Waals surface area contributed by atoms with Crippen LogP contribution in [0, 0.1) is 5.92 Å². The number of carbonyl (C=O) groups excluding carboxylic acids is 1. The standard InChI is InChI=1S/C15H22O5/c1-2-15(20-11-4-3-9-16)12(8-10-17)6-5-7-13(15)14(18)19/h5-7,10,13,16H,2-4,8-9,11H2,1H3,(H,18,19). The molecule has 2 unspecified atom stereocenters. The number of carbonyl (C=O) groups is 2. The maximum Gasteiger partial charge on any atom is 0.313 e. The molecule has 20 heavy (non-hydrogen) atoms. The van der Waals surface area contributed by atoms with E-state index in [1.807, 2.05) is 6.92 Å². The second kappa shape index (κ2) is 7.97. The summed E-state index contributed by atoms with van der Waals surface area (Å²) in [6.07, 6.45) is 7.72. The van der Waals surface area contributed by atoms with Crippen molar-refractivity contribution in [3.63, 3.8) is 0 Å². The number of rotatable bonds is 9. The number of aliphatic hydroxyl groups excluding tert-OH is 1. The molecule has 0 aromatic carbocycles. The second-order valence-electron chi connectivity index (χ2n) is 4.79. The summed E-state index contributed by atoms with van der Waals surface area (Å²) in [5, 5.41) is 18.2. The molecule has 5 heteroatoms. The van der Waals surface area contributed by atoms with Gasteiger partial charge in [-0.1, -0.05) is 25.2 Å². The van der Waals surface area contributed by atoms with Crippen molar-refractivity contribution in [2.45, 2.75) is 38.2 Å². The Morgan fingerprint density at radius 3 is 2.80 bits per heavy atom. The van der Waals surface area contributed by atoms with Gasteiger partial charge in [-0.2, -0.15) is 0 Å². The number of carboxylic acids is 1. The number of hydrogen-bond donors (Lipinski definition) is 2. The van der Waals surface area contributed by atoms with Gasteiger partial charge in [-0.25, -0.2) is 0 Å². The first-order valence-electron chi connectivity index (χ1n) is 6.91. The van der Waals surface area contributed by atoms with Gasteiger partial charge in [0.15, 0.2) is 0 Å². The Bertz CT molecular complexity index is 399. The normalized spacial score (nSPS) is 25.3. The molecule has 2 N–H and O–H groups in total. The van der Waals surface area contributed by atoms with Crippen LogP contribution in [0.4, 0.5) is 0 Å². The molecule has 0 radical (unpaired) electrons. The topological polar surface area (TPSA) is 83.8 Å². The zero-order chi connectivity index (χ0) is 15.0. The van der Waals surface area contributed by atoms with Crippen LogP contribution in [0.1, 0.15) is 32.6 Å². The monoisotopic (exact) mass is 282 g/mol. The van der Waals surface area contributed by atoms with E-state index in [4.69, 9.17) is 9.84 Å². The first kappa shape index (κ1) is 16.6. The fourth-order valence-electron chi connectivity index (χ4n) is 2.59. The van der Waals surface area contributed by atoms with Gasteiger partial charge in [-0.15, -0.1) is 0 Å². The molecule has 0 fully saturated rings. The summed E-state index contributed by atoms with van der Waals surface area (Å²) < 4.78 is 5.89. The van der Waals surface area contributed by atoms with Crippen molar-refractivity contribution in [3.05, 3.63) is 23.8 Å². The highest BCUT2D eigenvalue weighted by molar-refractivity contribution is 5.76. The zero-order valence-electron chi connectivity index (χ0n) is 11.7. The third-order valence-electron chi connectivity index (χ3n) is 3.65. The third kappa shape index (κ3) is 3.55. The Hall–Kier alpha value is -1.46. The Morgan fingerprint density at radius 1 is 1.50 bits per heavy atom. The third-order valence-corrected chi connectivity index (χ3v) is 3.65. The van der Waals surface area contributed by atoms with Gasteiger partial charge in [0.05, 0.1) is 0 Å². The van der Waals surface area contributed by atoms with Crippen molar-refractivity contribution >= 4 is 12.3 Å². The van der Waals surface area contributed by atoms with Gasteiger partial charge >= 0.3 is 5.97 Å². The van der Waals surface area contributed by atoms with Gasteiger partial charge < -0.3 is 19.7 Å². The lowest BCUT2D eigenvalue weighted by molar-refractivity contribution is -0.151. The van der Waals surface area contributed by atoms with Crippen molar-refractivity contribution in [1.82, 2.24) is 0 Å². The lowest BCUT2D eigenvalue weighted by Gasteiger charge is -2.40. The minimum Gasteiger partial charge on any atom is -0.481 e. The highest BCUT2D eigenvalue weighted by atomic mass is 16.5. The number of ether oxygens (including phenoxy) is 1. The Balaban J connectivity index is 2.97. The van der Waals surface area contributed by atoms with E-state index in [0.29, 0.717) is 31.4 Å². The van der Waals surface area contributed by atoms with Crippen LogP contribution in [0.3, 0.4) is 0 Å². The molecular weight excluding hydrogens is 260 g/mol. The molecule has 0 amide bonds. The lowest BCUT2D eigenvalue weighted by atomic mass is 9.74. The lowest BCUT2D eigenvalue weighted by Crippen LogP contribution is -2.46. The first-order valence-corrected chi connectivity index (χ1v) is 6.91. The molecule has 0 aromatic rings. The van der Waals surface area contributed by atoms with Crippen molar-refractivity contribution in [1.29, 1.82) is 0 Å². The predicted octanol–water partition coefficient (Wildman–Crippen LogP) is 1.71. The number of carboxylic acid groups (broad SMARTS) is 1. The van der Waals surface area contributed by atoms with Crippen LogP contribution >= 0.6 is 0 Å². The average Bonchev–Trinajstić information content (AvgIpc) is 2.44. The molecule has 2 atom stereocenters. The van der Waals surface area contributed by atoms with Crippen molar-refractivity contribution < 1.29 is 24.5 Å². The van der Waals surface area contributed by atoms with E-state index in [2.05, 4.69) is 0 Å². The maximum atomic E-state index is 11.5. The predicted molar refractivity (Wildman–Crippen MR) is 74.3 cm³/mol. The summed E-state index contributed by atoms with van der Waals surface area (Å²) >= 11 is 0. The minimum absolute atomic E-state index is 0.0851. The van der Waals surface area contributed by atoms with Crippen LogP contribution in [0.2, 0.25) is 0 Å². The Morgan fingerprint density at radius 2 is 2.25 bits per heavy atom. The van der Waals surface area contributed by atoms with Gasteiger partial charge in [0.2, 0.25) is 0 Å². The summed E-state index contributed by atoms with van der Waals surface area (Å²) in [6.45, 7) is 2.31. The Labute approximate surface area is 118 Å². The molecule has 1 aliphatic rings. The summed E-state index contributed by atoms with van der Waals surface area (Å²) in [4.78, 5) is 22.3. The number of allylic oxidation sites excluding steroid dienone is 2. The van der Waals surface area contributed by atoms with Gasteiger partial charge in [-0.05, 0) is 24.8 Å². The Kier molecular flexibility index (Phi) is 6.61. The zero-order valence-corrected chi connectivity index (χ0v) is 11.7.